The zero-order valence-electron chi connectivity index (χ0n) is 13.0. The third kappa shape index (κ3) is 2.93. The second kappa shape index (κ2) is 6.17. The standard InChI is InChI=1S/C15H18N6O2/c1-9-17-14-10-5-3-4-6-11(10)18-15(21(14)20-9)19-12(13(16)22)7-8-23-2/h3-6,12H,7-8H2,1-2H3,(H2,16,22)(H,18,19)/t12-/m1/s1. The molecule has 8 heteroatoms. The minimum absolute atomic E-state index is 0.410. The number of hydrogen-bond acceptors (Lipinski definition) is 6. The van der Waals surface area contributed by atoms with E-state index in [9.17, 15) is 4.79 Å². The Hall–Kier alpha value is -2.74. The number of carbonyl (C=O) groups is 1. The van der Waals surface area contributed by atoms with Crippen molar-refractivity contribution in [1.29, 1.82) is 0 Å². The summed E-state index contributed by atoms with van der Waals surface area (Å²) in [5, 5.41) is 8.30. The Bertz CT molecular complexity index is 860. The summed E-state index contributed by atoms with van der Waals surface area (Å²) in [6.45, 7) is 2.22. The molecule has 0 unspecified atom stereocenters. The van der Waals surface area contributed by atoms with Gasteiger partial charge in [-0.2, -0.15) is 4.52 Å². The second-order valence-electron chi connectivity index (χ2n) is 5.23. The van der Waals surface area contributed by atoms with Crippen molar-refractivity contribution in [2.75, 3.05) is 19.0 Å². The summed E-state index contributed by atoms with van der Waals surface area (Å²) in [6.07, 6.45) is 0.440. The molecule has 0 aliphatic carbocycles. The topological polar surface area (TPSA) is 107 Å². The van der Waals surface area contributed by atoms with Gasteiger partial charge in [-0.3, -0.25) is 4.79 Å². The van der Waals surface area contributed by atoms with Gasteiger partial charge in [-0.25, -0.2) is 9.97 Å². The number of hydrogen-bond donors (Lipinski definition) is 2. The minimum atomic E-state index is -0.601. The number of primary amides is 1. The summed E-state index contributed by atoms with van der Waals surface area (Å²) in [5.41, 5.74) is 6.91. The SMILES string of the molecule is COCC[C@@H](Nc1nc2ccccc2c2nc(C)nn12)C(N)=O. The smallest absolute Gasteiger partial charge is 0.240 e. The van der Waals surface area contributed by atoms with Crippen molar-refractivity contribution in [1.82, 2.24) is 19.6 Å². The fraction of sp³-hybridized carbons (Fsp3) is 0.333. The third-order valence-corrected chi connectivity index (χ3v) is 3.54. The summed E-state index contributed by atoms with van der Waals surface area (Å²) < 4.78 is 6.62. The number of aromatic nitrogens is 4. The zero-order valence-corrected chi connectivity index (χ0v) is 13.0. The van der Waals surface area contributed by atoms with Crippen LogP contribution in [0.25, 0.3) is 16.6 Å². The lowest BCUT2D eigenvalue weighted by Crippen LogP contribution is -2.37. The highest BCUT2D eigenvalue weighted by molar-refractivity contribution is 5.92. The molecule has 3 aromatic rings. The lowest BCUT2D eigenvalue weighted by molar-refractivity contribution is -0.119. The van der Waals surface area contributed by atoms with Crippen LogP contribution in [0.15, 0.2) is 24.3 Å². The summed E-state index contributed by atoms with van der Waals surface area (Å²) in [4.78, 5) is 20.6. The lowest BCUT2D eigenvalue weighted by Gasteiger charge is -2.16. The highest BCUT2D eigenvalue weighted by Crippen LogP contribution is 2.21. The molecule has 120 valence electrons. The predicted octanol–water partition coefficient (Wildman–Crippen LogP) is 0.888. The maximum atomic E-state index is 11.6. The van der Waals surface area contributed by atoms with E-state index in [-0.39, 0.29) is 0 Å². The Labute approximate surface area is 132 Å². The van der Waals surface area contributed by atoms with Gasteiger partial charge in [0, 0.05) is 19.1 Å². The van der Waals surface area contributed by atoms with E-state index in [1.54, 1.807) is 11.6 Å². The van der Waals surface area contributed by atoms with Crippen LogP contribution in [0.2, 0.25) is 0 Å². The van der Waals surface area contributed by atoms with E-state index in [4.69, 9.17) is 10.5 Å². The molecule has 3 rings (SSSR count). The molecule has 2 heterocycles. The number of amides is 1. The molecule has 0 radical (unpaired) electrons. The third-order valence-electron chi connectivity index (χ3n) is 3.54. The van der Waals surface area contributed by atoms with Crippen molar-refractivity contribution in [2.45, 2.75) is 19.4 Å². The maximum Gasteiger partial charge on any atom is 0.240 e. The molecule has 0 fully saturated rings. The van der Waals surface area contributed by atoms with E-state index in [1.165, 1.54) is 0 Å². The quantitative estimate of drug-likeness (QED) is 0.699. The molecule has 0 bridgehead atoms. The first-order chi connectivity index (χ1) is 11.1. The van der Waals surface area contributed by atoms with Gasteiger partial charge in [0.25, 0.3) is 0 Å². The van der Waals surface area contributed by atoms with Gasteiger partial charge >= 0.3 is 0 Å². The van der Waals surface area contributed by atoms with Crippen molar-refractivity contribution in [3.8, 4) is 0 Å². The average Bonchev–Trinajstić information content (AvgIpc) is 2.93. The predicted molar refractivity (Wildman–Crippen MR) is 86.1 cm³/mol. The van der Waals surface area contributed by atoms with E-state index < -0.39 is 11.9 Å². The van der Waals surface area contributed by atoms with Crippen LogP contribution in [0, 0.1) is 6.92 Å². The monoisotopic (exact) mass is 314 g/mol. The lowest BCUT2D eigenvalue weighted by atomic mass is 10.2. The molecule has 0 aliphatic heterocycles. The fourth-order valence-corrected chi connectivity index (χ4v) is 2.43. The van der Waals surface area contributed by atoms with Crippen LogP contribution in [0.5, 0.6) is 0 Å². The number of rotatable bonds is 6. The molecule has 23 heavy (non-hydrogen) atoms. The van der Waals surface area contributed by atoms with Gasteiger partial charge in [0.2, 0.25) is 11.9 Å². The number of nitrogens with two attached hydrogens (primary N) is 1. The van der Waals surface area contributed by atoms with Gasteiger partial charge in [-0.15, -0.1) is 5.10 Å². The Morgan fingerprint density at radius 1 is 1.39 bits per heavy atom. The zero-order chi connectivity index (χ0) is 16.4. The Kier molecular flexibility index (Phi) is 4.07. The van der Waals surface area contributed by atoms with Crippen molar-refractivity contribution in [3.63, 3.8) is 0 Å². The fourth-order valence-electron chi connectivity index (χ4n) is 2.43. The Morgan fingerprint density at radius 2 is 2.17 bits per heavy atom. The van der Waals surface area contributed by atoms with Gasteiger partial charge in [0.05, 0.1) is 5.52 Å². The van der Waals surface area contributed by atoms with Crippen LogP contribution in [0.4, 0.5) is 5.95 Å². The van der Waals surface area contributed by atoms with Crippen molar-refractivity contribution >= 4 is 28.4 Å². The molecule has 0 saturated carbocycles. The normalized spacial score (nSPS) is 12.6. The maximum absolute atomic E-state index is 11.6. The van der Waals surface area contributed by atoms with E-state index in [1.807, 2.05) is 31.2 Å². The summed E-state index contributed by atoms with van der Waals surface area (Å²) >= 11 is 0. The van der Waals surface area contributed by atoms with Crippen LogP contribution in [-0.2, 0) is 9.53 Å². The van der Waals surface area contributed by atoms with Gasteiger partial charge in [-0.1, -0.05) is 12.1 Å². The molecule has 0 aliphatic rings. The van der Waals surface area contributed by atoms with Gasteiger partial charge < -0.3 is 15.8 Å². The molecule has 3 N–H and O–H groups in total. The molecular formula is C15H18N6O2. The summed E-state index contributed by atoms with van der Waals surface area (Å²) in [5.74, 6) is 0.583. The number of methoxy groups -OCH3 is 1. The van der Waals surface area contributed by atoms with Gasteiger partial charge in [0.1, 0.15) is 11.9 Å². The number of ether oxygens (including phenoxy) is 1. The molecule has 0 spiro atoms. The molecule has 1 aromatic carbocycles. The Balaban J connectivity index is 2.09. The Morgan fingerprint density at radius 3 is 2.91 bits per heavy atom. The average molecular weight is 314 g/mol. The number of carbonyl (C=O) groups excluding carboxylic acids is 1. The van der Waals surface area contributed by atoms with E-state index in [0.717, 1.165) is 10.9 Å². The number of nitrogens with zero attached hydrogens (tertiary/aromatic N) is 4. The molecule has 8 nitrogen and oxygen atoms in total. The van der Waals surface area contributed by atoms with Crippen LogP contribution in [0.3, 0.4) is 0 Å². The molecule has 0 saturated heterocycles. The van der Waals surface area contributed by atoms with E-state index >= 15 is 0 Å². The van der Waals surface area contributed by atoms with Gasteiger partial charge in [0.15, 0.2) is 5.65 Å². The van der Waals surface area contributed by atoms with Crippen LogP contribution < -0.4 is 11.1 Å². The van der Waals surface area contributed by atoms with Crippen LogP contribution in [-0.4, -0.2) is 45.2 Å². The van der Waals surface area contributed by atoms with Gasteiger partial charge in [-0.05, 0) is 25.5 Å². The first kappa shape index (κ1) is 15.2. The molecule has 1 atom stereocenters. The van der Waals surface area contributed by atoms with Crippen LogP contribution in [0.1, 0.15) is 12.2 Å². The van der Waals surface area contributed by atoms with E-state index in [2.05, 4.69) is 20.4 Å². The molecule has 2 aromatic heterocycles. The minimum Gasteiger partial charge on any atom is -0.385 e. The van der Waals surface area contributed by atoms with E-state index in [0.29, 0.717) is 30.4 Å². The van der Waals surface area contributed by atoms with Crippen molar-refractivity contribution < 1.29 is 9.53 Å². The van der Waals surface area contributed by atoms with Crippen LogP contribution >= 0.6 is 0 Å². The number of nitrogens with one attached hydrogen (secondary N) is 1. The first-order valence-corrected chi connectivity index (χ1v) is 7.27. The highest BCUT2D eigenvalue weighted by atomic mass is 16.5. The second-order valence-corrected chi connectivity index (χ2v) is 5.23. The first-order valence-electron chi connectivity index (χ1n) is 7.27. The number of benzene rings is 1. The largest absolute Gasteiger partial charge is 0.385 e. The summed E-state index contributed by atoms with van der Waals surface area (Å²) in [6, 6.07) is 7.04. The number of anilines is 1. The number of fused-ring (bicyclic) bond motifs is 3. The van der Waals surface area contributed by atoms with Crippen molar-refractivity contribution in [2.24, 2.45) is 5.73 Å². The summed E-state index contributed by atoms with van der Waals surface area (Å²) in [7, 11) is 1.57. The molecule has 1 amide bonds. The number of para-hydroxylation sites is 1. The molecular weight excluding hydrogens is 296 g/mol. The highest BCUT2D eigenvalue weighted by Gasteiger charge is 2.19. The van der Waals surface area contributed by atoms with Crippen molar-refractivity contribution in [3.05, 3.63) is 30.1 Å². The number of aryl methyl sites for hydroxylation is 1.